The van der Waals surface area contributed by atoms with E-state index in [0.29, 0.717) is 13.0 Å². The third-order valence-corrected chi connectivity index (χ3v) is 4.52. The molecular formula is C14H22N4O3. The maximum atomic E-state index is 12.6. The van der Waals surface area contributed by atoms with E-state index in [9.17, 15) is 9.59 Å². The van der Waals surface area contributed by atoms with Crippen LogP contribution in [0.1, 0.15) is 38.5 Å². The summed E-state index contributed by atoms with van der Waals surface area (Å²) < 4.78 is 0. The third-order valence-electron chi connectivity index (χ3n) is 4.52. The summed E-state index contributed by atoms with van der Waals surface area (Å²) in [4.78, 5) is 25.2. The Bertz CT molecular complexity index is 440. The Balaban J connectivity index is 2.10. The fraction of sp³-hybridized carbons (Fsp3) is 0.786. The van der Waals surface area contributed by atoms with Crippen LogP contribution in [0.2, 0.25) is 0 Å². The molecule has 0 spiro atoms. The van der Waals surface area contributed by atoms with Gasteiger partial charge in [0.25, 0.3) is 0 Å². The predicted octanol–water partition coefficient (Wildman–Crippen LogP) is 0.655. The first kappa shape index (κ1) is 15.6. The lowest BCUT2D eigenvalue weighted by molar-refractivity contribution is -0.135. The summed E-state index contributed by atoms with van der Waals surface area (Å²) in [7, 11) is 0. The number of amides is 2. The molecule has 0 unspecified atom stereocenters. The number of carbonyl (C=O) groups excluding carboxylic acids is 1. The minimum atomic E-state index is -1.20. The second-order valence-electron chi connectivity index (χ2n) is 5.92. The maximum absolute atomic E-state index is 12.6. The highest BCUT2D eigenvalue weighted by Crippen LogP contribution is 2.28. The number of likely N-dealkylation sites (tertiary alicyclic amines) is 1. The first-order chi connectivity index (χ1) is 10.0. The second-order valence-corrected chi connectivity index (χ2v) is 5.92. The molecule has 2 amide bonds. The standard InChI is InChI=1S/C14H22N4O3/c15-8-11-2-1-7-18(11)13(19)12(17-14(20)21)9-3-5-10(16)6-4-9/h9-12,17H,1-7,16H2,(H,20,21)/t9-,10-,11-,12-/m0/s1. The molecule has 21 heavy (non-hydrogen) atoms. The van der Waals surface area contributed by atoms with Gasteiger partial charge in [-0.1, -0.05) is 0 Å². The van der Waals surface area contributed by atoms with Crippen molar-refractivity contribution in [3.63, 3.8) is 0 Å². The number of carbonyl (C=O) groups is 2. The number of nitrogens with one attached hydrogen (secondary N) is 1. The Morgan fingerprint density at radius 2 is 1.95 bits per heavy atom. The summed E-state index contributed by atoms with van der Waals surface area (Å²) >= 11 is 0. The normalized spacial score (nSPS) is 30.5. The van der Waals surface area contributed by atoms with Gasteiger partial charge in [-0.15, -0.1) is 0 Å². The van der Waals surface area contributed by atoms with E-state index in [1.165, 1.54) is 4.90 Å². The molecule has 1 saturated carbocycles. The lowest BCUT2D eigenvalue weighted by Crippen LogP contribution is -2.54. The number of nitriles is 1. The van der Waals surface area contributed by atoms with E-state index in [2.05, 4.69) is 11.4 Å². The quantitative estimate of drug-likeness (QED) is 0.706. The molecule has 2 fully saturated rings. The van der Waals surface area contributed by atoms with Crippen LogP contribution in [0.3, 0.4) is 0 Å². The Morgan fingerprint density at radius 1 is 1.29 bits per heavy atom. The van der Waals surface area contributed by atoms with Crippen molar-refractivity contribution >= 4 is 12.0 Å². The Labute approximate surface area is 124 Å². The predicted molar refractivity (Wildman–Crippen MR) is 75.2 cm³/mol. The van der Waals surface area contributed by atoms with E-state index in [0.717, 1.165) is 32.1 Å². The van der Waals surface area contributed by atoms with Gasteiger partial charge in [0.05, 0.1) is 6.07 Å². The highest BCUT2D eigenvalue weighted by Gasteiger charge is 2.38. The van der Waals surface area contributed by atoms with E-state index in [-0.39, 0.29) is 17.9 Å². The molecule has 4 N–H and O–H groups in total. The van der Waals surface area contributed by atoms with Crippen LogP contribution in [0.15, 0.2) is 0 Å². The monoisotopic (exact) mass is 294 g/mol. The zero-order chi connectivity index (χ0) is 15.4. The van der Waals surface area contributed by atoms with E-state index in [4.69, 9.17) is 16.1 Å². The third kappa shape index (κ3) is 3.64. The first-order valence-corrected chi connectivity index (χ1v) is 7.48. The van der Waals surface area contributed by atoms with Gasteiger partial charge in [0.1, 0.15) is 12.1 Å². The Hall–Kier alpha value is -1.81. The topological polar surface area (TPSA) is 119 Å². The molecule has 2 atom stereocenters. The molecule has 0 aromatic carbocycles. The van der Waals surface area contributed by atoms with Crippen molar-refractivity contribution in [2.24, 2.45) is 11.7 Å². The molecule has 2 rings (SSSR count). The van der Waals surface area contributed by atoms with Crippen LogP contribution in [-0.2, 0) is 4.79 Å². The highest BCUT2D eigenvalue weighted by molar-refractivity contribution is 5.86. The zero-order valence-corrected chi connectivity index (χ0v) is 12.0. The minimum Gasteiger partial charge on any atom is -0.465 e. The lowest BCUT2D eigenvalue weighted by Gasteiger charge is -2.34. The van der Waals surface area contributed by atoms with Crippen molar-refractivity contribution in [1.82, 2.24) is 10.2 Å². The van der Waals surface area contributed by atoms with E-state index < -0.39 is 18.2 Å². The van der Waals surface area contributed by atoms with Gasteiger partial charge < -0.3 is 21.1 Å². The van der Waals surface area contributed by atoms with Gasteiger partial charge in [0.15, 0.2) is 0 Å². The van der Waals surface area contributed by atoms with Crippen LogP contribution in [0, 0.1) is 17.2 Å². The number of carboxylic acid groups (broad SMARTS) is 1. The van der Waals surface area contributed by atoms with Crippen molar-refractivity contribution < 1.29 is 14.7 Å². The molecule has 0 radical (unpaired) electrons. The molecular weight excluding hydrogens is 272 g/mol. The minimum absolute atomic E-state index is 0.0339. The summed E-state index contributed by atoms with van der Waals surface area (Å²) in [6.07, 6.45) is 3.34. The van der Waals surface area contributed by atoms with Crippen LogP contribution in [0.5, 0.6) is 0 Å². The fourth-order valence-corrected chi connectivity index (χ4v) is 3.34. The van der Waals surface area contributed by atoms with Crippen LogP contribution >= 0.6 is 0 Å². The van der Waals surface area contributed by atoms with Gasteiger partial charge >= 0.3 is 6.09 Å². The van der Waals surface area contributed by atoms with Crippen LogP contribution in [-0.4, -0.2) is 46.7 Å². The van der Waals surface area contributed by atoms with E-state index >= 15 is 0 Å². The highest BCUT2D eigenvalue weighted by atomic mass is 16.4. The zero-order valence-electron chi connectivity index (χ0n) is 12.0. The molecule has 1 heterocycles. The largest absolute Gasteiger partial charge is 0.465 e. The van der Waals surface area contributed by atoms with Crippen molar-refractivity contribution in [3.05, 3.63) is 0 Å². The maximum Gasteiger partial charge on any atom is 0.405 e. The average Bonchev–Trinajstić information content (AvgIpc) is 2.93. The molecule has 1 saturated heterocycles. The molecule has 0 aromatic heterocycles. The van der Waals surface area contributed by atoms with Crippen LogP contribution < -0.4 is 11.1 Å². The smallest absolute Gasteiger partial charge is 0.405 e. The van der Waals surface area contributed by atoms with Gasteiger partial charge in [0, 0.05) is 12.6 Å². The van der Waals surface area contributed by atoms with Gasteiger partial charge in [-0.05, 0) is 44.4 Å². The second kappa shape index (κ2) is 6.76. The lowest BCUT2D eigenvalue weighted by atomic mass is 9.81. The van der Waals surface area contributed by atoms with Gasteiger partial charge in [-0.3, -0.25) is 4.79 Å². The molecule has 0 aromatic rings. The summed E-state index contributed by atoms with van der Waals surface area (Å²) in [5.74, 6) is -0.296. The van der Waals surface area contributed by atoms with Gasteiger partial charge in [-0.2, -0.15) is 5.26 Å². The van der Waals surface area contributed by atoms with E-state index in [1.807, 2.05) is 0 Å². The molecule has 0 bridgehead atoms. The Kier molecular flexibility index (Phi) is 5.02. The summed E-state index contributed by atoms with van der Waals surface area (Å²) in [5, 5.41) is 20.5. The number of nitrogens with zero attached hydrogens (tertiary/aromatic N) is 2. The van der Waals surface area contributed by atoms with Crippen molar-refractivity contribution in [3.8, 4) is 6.07 Å². The SMILES string of the molecule is N#C[C@@H]1CCCN1C(=O)[C@@H](NC(=O)O)[C@H]1CC[C@H](N)CC1. The summed E-state index contributed by atoms with van der Waals surface area (Å²) in [5.41, 5.74) is 5.87. The van der Waals surface area contributed by atoms with Crippen molar-refractivity contribution in [2.75, 3.05) is 6.54 Å². The van der Waals surface area contributed by atoms with Gasteiger partial charge in [-0.25, -0.2) is 4.79 Å². The average molecular weight is 294 g/mol. The van der Waals surface area contributed by atoms with Gasteiger partial charge in [0.2, 0.25) is 5.91 Å². The fourth-order valence-electron chi connectivity index (χ4n) is 3.34. The molecule has 1 aliphatic heterocycles. The van der Waals surface area contributed by atoms with Crippen molar-refractivity contribution in [2.45, 2.75) is 56.7 Å². The molecule has 7 heteroatoms. The number of hydrogen-bond acceptors (Lipinski definition) is 4. The summed E-state index contributed by atoms with van der Waals surface area (Å²) in [6, 6.07) is 1.07. The number of nitrogens with two attached hydrogens (primary N) is 1. The number of rotatable bonds is 3. The molecule has 116 valence electrons. The summed E-state index contributed by atoms with van der Waals surface area (Å²) in [6.45, 7) is 0.529. The van der Waals surface area contributed by atoms with Crippen LogP contribution in [0.25, 0.3) is 0 Å². The van der Waals surface area contributed by atoms with Crippen molar-refractivity contribution in [1.29, 1.82) is 5.26 Å². The molecule has 2 aliphatic rings. The number of hydrogen-bond donors (Lipinski definition) is 3. The first-order valence-electron chi connectivity index (χ1n) is 7.48. The molecule has 7 nitrogen and oxygen atoms in total. The molecule has 1 aliphatic carbocycles. The van der Waals surface area contributed by atoms with E-state index in [1.54, 1.807) is 0 Å². The Morgan fingerprint density at radius 3 is 2.52 bits per heavy atom. The van der Waals surface area contributed by atoms with Crippen LogP contribution in [0.4, 0.5) is 4.79 Å².